The van der Waals surface area contributed by atoms with Crippen LogP contribution in [0.5, 0.6) is 0 Å². The van der Waals surface area contributed by atoms with E-state index in [1.54, 1.807) is 19.1 Å². The summed E-state index contributed by atoms with van der Waals surface area (Å²) in [7, 11) is 0. The molecule has 0 unspecified atom stereocenters. The van der Waals surface area contributed by atoms with E-state index in [4.69, 9.17) is 0 Å². The average molecular weight is 368 g/mol. The maximum absolute atomic E-state index is 12.4. The molecule has 2 aromatic rings. The number of nitro benzene ring substituents is 1. The first-order valence-corrected chi connectivity index (χ1v) is 9.18. The number of benzene rings is 1. The van der Waals surface area contributed by atoms with Crippen LogP contribution in [0.15, 0.2) is 42.7 Å². The highest BCUT2D eigenvalue weighted by Crippen LogP contribution is 2.22. The fourth-order valence-electron chi connectivity index (χ4n) is 3.49. The number of aromatic nitrogens is 1. The fraction of sp³-hybridized carbons (Fsp3) is 0.400. The molecule has 1 N–H and O–H groups in total. The number of piperidine rings is 1. The van der Waals surface area contributed by atoms with Crippen LogP contribution in [-0.2, 0) is 6.54 Å². The van der Waals surface area contributed by atoms with Gasteiger partial charge in [-0.05, 0) is 62.5 Å². The zero-order valence-corrected chi connectivity index (χ0v) is 15.4. The van der Waals surface area contributed by atoms with Crippen LogP contribution in [0.2, 0.25) is 0 Å². The van der Waals surface area contributed by atoms with Crippen LogP contribution in [0, 0.1) is 23.0 Å². The van der Waals surface area contributed by atoms with Crippen molar-refractivity contribution in [2.75, 3.05) is 19.6 Å². The van der Waals surface area contributed by atoms with Crippen molar-refractivity contribution in [3.05, 3.63) is 69.5 Å². The number of nitro groups is 1. The summed E-state index contributed by atoms with van der Waals surface area (Å²) in [5, 5.41) is 14.0. The minimum atomic E-state index is -0.454. The normalized spacial score (nSPS) is 15.4. The Morgan fingerprint density at radius 3 is 2.63 bits per heavy atom. The highest BCUT2D eigenvalue weighted by molar-refractivity contribution is 5.96. The molecule has 7 heteroatoms. The van der Waals surface area contributed by atoms with Gasteiger partial charge in [-0.1, -0.05) is 6.07 Å². The minimum absolute atomic E-state index is 0.0212. The summed E-state index contributed by atoms with van der Waals surface area (Å²) < 4.78 is 0. The fourth-order valence-corrected chi connectivity index (χ4v) is 3.49. The van der Waals surface area contributed by atoms with E-state index in [0.29, 0.717) is 23.6 Å². The maximum Gasteiger partial charge on any atom is 0.273 e. The van der Waals surface area contributed by atoms with Crippen molar-refractivity contribution in [3.63, 3.8) is 0 Å². The first-order chi connectivity index (χ1) is 13.0. The van der Waals surface area contributed by atoms with Crippen LogP contribution >= 0.6 is 0 Å². The van der Waals surface area contributed by atoms with Crippen LogP contribution in [0.1, 0.15) is 34.3 Å². The molecule has 1 aromatic carbocycles. The molecule has 1 aliphatic heterocycles. The molecule has 7 nitrogen and oxygen atoms in total. The molecular weight excluding hydrogens is 344 g/mol. The Labute approximate surface area is 158 Å². The Morgan fingerprint density at radius 2 is 1.96 bits per heavy atom. The van der Waals surface area contributed by atoms with E-state index in [9.17, 15) is 14.9 Å². The predicted octanol–water partition coefficient (Wildman–Crippen LogP) is 2.94. The van der Waals surface area contributed by atoms with E-state index in [2.05, 4.69) is 15.2 Å². The first-order valence-electron chi connectivity index (χ1n) is 9.18. The van der Waals surface area contributed by atoms with Crippen molar-refractivity contribution in [1.29, 1.82) is 0 Å². The molecule has 0 spiro atoms. The molecule has 27 heavy (non-hydrogen) atoms. The highest BCUT2D eigenvalue weighted by Gasteiger charge is 2.22. The summed E-state index contributed by atoms with van der Waals surface area (Å²) in [5.74, 6) is 0.192. The van der Waals surface area contributed by atoms with E-state index >= 15 is 0 Å². The van der Waals surface area contributed by atoms with Gasteiger partial charge in [0, 0.05) is 42.7 Å². The third-order valence-corrected chi connectivity index (χ3v) is 5.16. The Kier molecular flexibility index (Phi) is 6.13. The van der Waals surface area contributed by atoms with Crippen molar-refractivity contribution in [2.24, 2.45) is 5.92 Å². The van der Waals surface area contributed by atoms with E-state index in [1.165, 1.54) is 11.6 Å². The summed E-state index contributed by atoms with van der Waals surface area (Å²) in [6.07, 6.45) is 5.68. The number of likely N-dealkylation sites (tertiary alicyclic amines) is 1. The zero-order valence-electron chi connectivity index (χ0n) is 15.4. The van der Waals surface area contributed by atoms with Gasteiger partial charge in [-0.3, -0.25) is 24.8 Å². The molecule has 1 fully saturated rings. The number of nitrogens with one attached hydrogen (secondary N) is 1. The van der Waals surface area contributed by atoms with Gasteiger partial charge in [-0.25, -0.2) is 0 Å². The molecule has 142 valence electrons. The SMILES string of the molecule is Cc1c(C(=O)NCC2CCN(Cc3ccncc3)CC2)cccc1[N+](=O)[O-]. The van der Waals surface area contributed by atoms with Crippen molar-refractivity contribution in [3.8, 4) is 0 Å². The van der Waals surface area contributed by atoms with E-state index in [1.807, 2.05) is 24.5 Å². The van der Waals surface area contributed by atoms with E-state index in [0.717, 1.165) is 32.5 Å². The second-order valence-electron chi connectivity index (χ2n) is 6.99. The van der Waals surface area contributed by atoms with Gasteiger partial charge in [0.2, 0.25) is 0 Å². The van der Waals surface area contributed by atoms with Gasteiger partial charge < -0.3 is 5.32 Å². The molecule has 0 saturated carbocycles. The lowest BCUT2D eigenvalue weighted by Crippen LogP contribution is -2.38. The van der Waals surface area contributed by atoms with Gasteiger partial charge in [-0.15, -0.1) is 0 Å². The summed E-state index contributed by atoms with van der Waals surface area (Å²) in [6.45, 7) is 5.14. The molecule has 0 aliphatic carbocycles. The minimum Gasteiger partial charge on any atom is -0.352 e. The van der Waals surface area contributed by atoms with Crippen LogP contribution in [0.4, 0.5) is 5.69 Å². The number of hydrogen-bond donors (Lipinski definition) is 1. The number of carbonyl (C=O) groups is 1. The summed E-state index contributed by atoms with van der Waals surface area (Å²) in [6, 6.07) is 8.68. The van der Waals surface area contributed by atoms with Crippen molar-refractivity contribution in [1.82, 2.24) is 15.2 Å². The number of hydrogen-bond acceptors (Lipinski definition) is 5. The van der Waals surface area contributed by atoms with Gasteiger partial charge in [0.15, 0.2) is 0 Å². The van der Waals surface area contributed by atoms with E-state index < -0.39 is 4.92 Å². The molecule has 1 saturated heterocycles. The molecule has 2 heterocycles. The number of carbonyl (C=O) groups excluding carboxylic acids is 1. The zero-order chi connectivity index (χ0) is 19.2. The number of amides is 1. The molecule has 3 rings (SSSR count). The second kappa shape index (κ2) is 8.73. The molecule has 1 amide bonds. The van der Waals surface area contributed by atoms with Crippen molar-refractivity contribution in [2.45, 2.75) is 26.3 Å². The van der Waals surface area contributed by atoms with Gasteiger partial charge in [0.25, 0.3) is 11.6 Å². The molecule has 0 radical (unpaired) electrons. The maximum atomic E-state index is 12.4. The van der Waals surface area contributed by atoms with Gasteiger partial charge in [0.05, 0.1) is 4.92 Å². The topological polar surface area (TPSA) is 88.4 Å². The molecule has 0 atom stereocenters. The van der Waals surface area contributed by atoms with Crippen LogP contribution in [0.25, 0.3) is 0 Å². The monoisotopic (exact) mass is 368 g/mol. The Hall–Kier alpha value is -2.80. The van der Waals surface area contributed by atoms with Gasteiger partial charge in [0.1, 0.15) is 0 Å². The summed E-state index contributed by atoms with van der Waals surface area (Å²) in [5.41, 5.74) is 2.02. The second-order valence-corrected chi connectivity index (χ2v) is 6.99. The van der Waals surface area contributed by atoms with Crippen molar-refractivity contribution < 1.29 is 9.72 Å². The van der Waals surface area contributed by atoms with Crippen LogP contribution < -0.4 is 5.32 Å². The Morgan fingerprint density at radius 1 is 1.26 bits per heavy atom. The lowest BCUT2D eigenvalue weighted by molar-refractivity contribution is -0.385. The quantitative estimate of drug-likeness (QED) is 0.625. The number of pyridine rings is 1. The Balaban J connectivity index is 1.48. The molecule has 1 aliphatic rings. The standard InChI is InChI=1S/C20H24N4O3/c1-15-18(3-2-4-19(15)24(26)27)20(25)22-13-16-7-11-23(12-8-16)14-17-5-9-21-10-6-17/h2-6,9-10,16H,7-8,11-14H2,1H3,(H,22,25). The lowest BCUT2D eigenvalue weighted by atomic mass is 9.96. The van der Waals surface area contributed by atoms with Gasteiger partial charge in [-0.2, -0.15) is 0 Å². The number of nitrogens with zero attached hydrogens (tertiary/aromatic N) is 3. The molecular formula is C20H24N4O3. The molecule has 1 aromatic heterocycles. The summed E-state index contributed by atoms with van der Waals surface area (Å²) >= 11 is 0. The largest absolute Gasteiger partial charge is 0.352 e. The highest BCUT2D eigenvalue weighted by atomic mass is 16.6. The van der Waals surface area contributed by atoms with Gasteiger partial charge >= 0.3 is 0 Å². The van der Waals surface area contributed by atoms with Crippen molar-refractivity contribution >= 4 is 11.6 Å². The first kappa shape index (κ1) is 19.0. The van der Waals surface area contributed by atoms with Crippen LogP contribution in [0.3, 0.4) is 0 Å². The lowest BCUT2D eigenvalue weighted by Gasteiger charge is -2.32. The van der Waals surface area contributed by atoms with Crippen LogP contribution in [-0.4, -0.2) is 40.3 Å². The van der Waals surface area contributed by atoms with E-state index in [-0.39, 0.29) is 11.6 Å². The smallest absolute Gasteiger partial charge is 0.273 e. The Bertz CT molecular complexity index is 802. The molecule has 0 bridgehead atoms. The third kappa shape index (κ3) is 4.89. The summed E-state index contributed by atoms with van der Waals surface area (Å²) in [4.78, 5) is 29.5. The predicted molar refractivity (Wildman–Crippen MR) is 102 cm³/mol. The number of rotatable bonds is 6. The third-order valence-electron chi connectivity index (χ3n) is 5.16. The average Bonchev–Trinajstić information content (AvgIpc) is 2.68.